The van der Waals surface area contributed by atoms with E-state index in [1.54, 1.807) is 14.0 Å². The molecule has 0 bridgehead atoms. The summed E-state index contributed by atoms with van der Waals surface area (Å²) >= 11 is 0. The van der Waals surface area contributed by atoms with E-state index >= 15 is 0 Å². The van der Waals surface area contributed by atoms with E-state index in [1.165, 1.54) is 0 Å². The fourth-order valence-electron chi connectivity index (χ4n) is 6.38. The van der Waals surface area contributed by atoms with E-state index in [-0.39, 0.29) is 37.9 Å². The van der Waals surface area contributed by atoms with Crippen LogP contribution in [0.5, 0.6) is 0 Å². The van der Waals surface area contributed by atoms with E-state index in [4.69, 9.17) is 18.9 Å². The summed E-state index contributed by atoms with van der Waals surface area (Å²) in [6.45, 7) is 6.88. The van der Waals surface area contributed by atoms with Gasteiger partial charge >= 0.3 is 12.0 Å². The smallest absolute Gasteiger partial charge is 0.325 e. The molecule has 47 heavy (non-hydrogen) atoms. The standard InChI is InChI=1S/C37H47N3O7/c1-4-45-34(42)21-39-37(43)38-20-27-7-5-8-31(19-27)28-14-16-30(17-15-28)36-46-33(22-40-18-6-9-32(40)24-44-3)25(2)35(47-36)29-12-10-26(23-41)11-13-29/h5,7-8,10-17,19,25,32-33,35-36,41H,4,6,9,18,20-24H2,1-3H3,(H2,38,39,43). The van der Waals surface area contributed by atoms with E-state index in [2.05, 4.69) is 46.7 Å². The van der Waals surface area contributed by atoms with Crippen LogP contribution < -0.4 is 10.6 Å². The Balaban J connectivity index is 1.28. The van der Waals surface area contributed by atoms with E-state index in [9.17, 15) is 14.7 Å². The Morgan fingerprint density at radius 1 is 0.957 bits per heavy atom. The number of esters is 1. The van der Waals surface area contributed by atoms with Gasteiger partial charge < -0.3 is 34.7 Å². The molecule has 10 heteroatoms. The largest absolute Gasteiger partial charge is 0.465 e. The predicted molar refractivity (Wildman–Crippen MR) is 178 cm³/mol. The predicted octanol–water partition coefficient (Wildman–Crippen LogP) is 5.11. The van der Waals surface area contributed by atoms with E-state index in [0.29, 0.717) is 19.2 Å². The van der Waals surface area contributed by atoms with Gasteiger partial charge in [-0.3, -0.25) is 9.69 Å². The van der Waals surface area contributed by atoms with E-state index in [1.807, 2.05) is 48.5 Å². The molecule has 2 aliphatic rings. The summed E-state index contributed by atoms with van der Waals surface area (Å²) in [6, 6.07) is 24.1. The van der Waals surface area contributed by atoms with Crippen molar-refractivity contribution in [1.82, 2.24) is 15.5 Å². The highest BCUT2D eigenvalue weighted by molar-refractivity contribution is 5.80. The molecule has 252 valence electrons. The van der Waals surface area contributed by atoms with E-state index < -0.39 is 18.3 Å². The number of rotatable bonds is 13. The van der Waals surface area contributed by atoms with Crippen molar-refractivity contribution in [3.8, 4) is 11.1 Å². The van der Waals surface area contributed by atoms with Crippen molar-refractivity contribution in [3.05, 3.63) is 95.1 Å². The molecular weight excluding hydrogens is 598 g/mol. The van der Waals surface area contributed by atoms with Crippen LogP contribution in [0.4, 0.5) is 4.79 Å². The van der Waals surface area contributed by atoms with Gasteiger partial charge in [0.05, 0.1) is 32.0 Å². The molecule has 3 N–H and O–H groups in total. The Labute approximate surface area is 277 Å². The first-order chi connectivity index (χ1) is 22.9. The third-order valence-corrected chi connectivity index (χ3v) is 8.99. The van der Waals surface area contributed by atoms with Gasteiger partial charge in [-0.15, -0.1) is 0 Å². The Bertz CT molecular complexity index is 1450. The van der Waals surface area contributed by atoms with Gasteiger partial charge in [0.25, 0.3) is 0 Å². The number of hydrogen-bond donors (Lipinski definition) is 3. The minimum atomic E-state index is -0.542. The van der Waals surface area contributed by atoms with Crippen molar-refractivity contribution in [2.45, 2.75) is 64.4 Å². The zero-order chi connectivity index (χ0) is 33.2. The van der Waals surface area contributed by atoms with Gasteiger partial charge in [-0.05, 0) is 60.2 Å². The lowest BCUT2D eigenvalue weighted by molar-refractivity contribution is -0.276. The number of aliphatic hydroxyl groups is 1. The van der Waals surface area contributed by atoms with Crippen LogP contribution in [0.1, 0.15) is 61.3 Å². The van der Waals surface area contributed by atoms with E-state index in [0.717, 1.165) is 59.3 Å². The molecule has 0 aliphatic carbocycles. The van der Waals surface area contributed by atoms with Gasteiger partial charge in [0.1, 0.15) is 6.54 Å². The molecule has 0 saturated carbocycles. The van der Waals surface area contributed by atoms with Crippen LogP contribution in [-0.4, -0.2) is 74.1 Å². The van der Waals surface area contributed by atoms with Gasteiger partial charge in [-0.2, -0.15) is 0 Å². The molecule has 3 aromatic rings. The number of benzene rings is 3. The van der Waals surface area contributed by atoms with Crippen molar-refractivity contribution >= 4 is 12.0 Å². The molecule has 5 unspecified atom stereocenters. The summed E-state index contributed by atoms with van der Waals surface area (Å²) in [5.74, 6) is -0.366. The Kier molecular flexibility index (Phi) is 12.4. The quantitative estimate of drug-likeness (QED) is 0.220. The molecule has 2 heterocycles. The van der Waals surface area contributed by atoms with Crippen LogP contribution >= 0.6 is 0 Å². The summed E-state index contributed by atoms with van der Waals surface area (Å²) < 4.78 is 23.7. The molecule has 5 rings (SSSR count). The van der Waals surface area contributed by atoms with Crippen LogP contribution in [0.2, 0.25) is 0 Å². The first kappa shape index (κ1) is 34.5. The minimum Gasteiger partial charge on any atom is -0.465 e. The summed E-state index contributed by atoms with van der Waals surface area (Å²) in [7, 11) is 1.76. The van der Waals surface area contributed by atoms with Crippen molar-refractivity contribution in [2.24, 2.45) is 5.92 Å². The summed E-state index contributed by atoms with van der Waals surface area (Å²) in [5.41, 5.74) is 5.85. The first-order valence-electron chi connectivity index (χ1n) is 16.5. The van der Waals surface area contributed by atoms with Gasteiger partial charge in [0.15, 0.2) is 6.29 Å². The average Bonchev–Trinajstić information content (AvgIpc) is 3.54. The van der Waals surface area contributed by atoms with Crippen molar-refractivity contribution in [2.75, 3.05) is 40.0 Å². The fraction of sp³-hybridized carbons (Fsp3) is 0.459. The molecule has 0 spiro atoms. The second kappa shape index (κ2) is 16.9. The summed E-state index contributed by atoms with van der Waals surface area (Å²) in [4.78, 5) is 26.1. The lowest BCUT2D eigenvalue weighted by atomic mass is 9.89. The zero-order valence-corrected chi connectivity index (χ0v) is 27.5. The monoisotopic (exact) mass is 645 g/mol. The summed E-state index contributed by atoms with van der Waals surface area (Å²) in [5, 5.41) is 14.9. The van der Waals surface area contributed by atoms with Crippen molar-refractivity contribution in [1.29, 1.82) is 0 Å². The molecule has 3 aromatic carbocycles. The number of aliphatic hydroxyl groups excluding tert-OH is 1. The second-order valence-corrected chi connectivity index (χ2v) is 12.2. The fourth-order valence-corrected chi connectivity index (χ4v) is 6.38. The molecule has 5 atom stereocenters. The molecular formula is C37H47N3O7. The molecule has 2 saturated heterocycles. The third-order valence-electron chi connectivity index (χ3n) is 8.99. The normalized spacial score (nSPS) is 22.9. The number of carbonyl (C=O) groups is 2. The third kappa shape index (κ3) is 9.18. The number of ether oxygens (including phenoxy) is 4. The van der Waals surface area contributed by atoms with Crippen molar-refractivity contribution < 1.29 is 33.6 Å². The topological polar surface area (TPSA) is 119 Å². The maximum atomic E-state index is 12.1. The van der Waals surface area contributed by atoms with Crippen LogP contribution in [0.15, 0.2) is 72.8 Å². The van der Waals surface area contributed by atoms with Crippen molar-refractivity contribution in [3.63, 3.8) is 0 Å². The maximum Gasteiger partial charge on any atom is 0.325 e. The van der Waals surface area contributed by atoms with Gasteiger partial charge in [-0.25, -0.2) is 4.79 Å². The molecule has 2 aliphatic heterocycles. The Hall–Kier alpha value is -3.80. The maximum absolute atomic E-state index is 12.1. The van der Waals surface area contributed by atoms with Crippen LogP contribution in [0.25, 0.3) is 11.1 Å². The number of amides is 2. The molecule has 10 nitrogen and oxygen atoms in total. The highest BCUT2D eigenvalue weighted by Crippen LogP contribution is 2.42. The number of likely N-dealkylation sites (tertiary alicyclic amines) is 1. The number of nitrogens with one attached hydrogen (secondary N) is 2. The average molecular weight is 646 g/mol. The highest BCUT2D eigenvalue weighted by Gasteiger charge is 2.40. The molecule has 0 radical (unpaired) electrons. The number of methoxy groups -OCH3 is 1. The number of hydrogen-bond acceptors (Lipinski definition) is 8. The second-order valence-electron chi connectivity index (χ2n) is 12.2. The van der Waals surface area contributed by atoms with Gasteiger partial charge in [0, 0.05) is 37.7 Å². The lowest BCUT2D eigenvalue weighted by Gasteiger charge is -2.43. The number of carbonyl (C=O) groups excluding carboxylic acids is 2. The number of urea groups is 1. The Morgan fingerprint density at radius 2 is 1.72 bits per heavy atom. The SMILES string of the molecule is CCOC(=O)CNC(=O)NCc1cccc(-c2ccc(C3OC(CN4CCCC4COC)C(C)C(c4ccc(CO)cc4)O3)cc2)c1. The van der Waals surface area contributed by atoms with Crippen LogP contribution in [0.3, 0.4) is 0 Å². The van der Waals surface area contributed by atoms with Gasteiger partial charge in [-0.1, -0.05) is 73.7 Å². The van der Waals surface area contributed by atoms with Crippen LogP contribution in [0, 0.1) is 5.92 Å². The zero-order valence-electron chi connectivity index (χ0n) is 27.5. The van der Waals surface area contributed by atoms with Crippen LogP contribution in [-0.2, 0) is 36.9 Å². The molecule has 0 aromatic heterocycles. The van der Waals surface area contributed by atoms with Gasteiger partial charge in [0.2, 0.25) is 0 Å². The molecule has 2 fully saturated rings. The number of nitrogens with zero attached hydrogens (tertiary/aromatic N) is 1. The first-order valence-corrected chi connectivity index (χ1v) is 16.5. The summed E-state index contributed by atoms with van der Waals surface area (Å²) in [6.07, 6.45) is 1.52. The Morgan fingerprint density at radius 3 is 2.45 bits per heavy atom. The molecule has 2 amide bonds. The lowest BCUT2D eigenvalue weighted by Crippen LogP contribution is -2.46. The minimum absolute atomic E-state index is 0.00376. The highest BCUT2D eigenvalue weighted by atomic mass is 16.7.